The van der Waals surface area contributed by atoms with E-state index in [1.807, 2.05) is 72.8 Å². The molecule has 0 radical (unpaired) electrons. The summed E-state index contributed by atoms with van der Waals surface area (Å²) in [5.74, 6) is 0.0723. The number of carbonyl (C=O) groups is 1. The van der Waals surface area contributed by atoms with Crippen LogP contribution in [0.2, 0.25) is 0 Å². The molecular formula is C25H23NO. The topological polar surface area (TPSA) is 29.1 Å². The number of nitrogens with one attached hydrogen (secondary N) is 1. The molecule has 0 atom stereocenters. The molecule has 0 bridgehead atoms. The monoisotopic (exact) mass is 353 g/mol. The van der Waals surface area contributed by atoms with Gasteiger partial charge in [0.2, 0.25) is 0 Å². The van der Waals surface area contributed by atoms with Crippen molar-refractivity contribution in [2.45, 2.75) is 19.8 Å². The van der Waals surface area contributed by atoms with Gasteiger partial charge >= 0.3 is 0 Å². The minimum absolute atomic E-state index is 0.0723. The molecule has 0 unspecified atom stereocenters. The maximum Gasteiger partial charge on any atom is 0.194 e. The Kier molecular flexibility index (Phi) is 4.88. The van der Waals surface area contributed by atoms with E-state index in [9.17, 15) is 4.79 Å². The number of benzene rings is 4. The van der Waals surface area contributed by atoms with Crippen molar-refractivity contribution in [2.75, 3.05) is 11.9 Å². The highest BCUT2D eigenvalue weighted by Crippen LogP contribution is 2.30. The van der Waals surface area contributed by atoms with Crippen molar-refractivity contribution < 1.29 is 4.79 Å². The molecule has 0 amide bonds. The summed E-state index contributed by atoms with van der Waals surface area (Å²) in [6.45, 7) is 3.13. The Morgan fingerprint density at radius 3 is 2.22 bits per heavy atom. The fourth-order valence-electron chi connectivity index (χ4n) is 3.62. The van der Waals surface area contributed by atoms with Crippen LogP contribution in [0.4, 0.5) is 5.69 Å². The van der Waals surface area contributed by atoms with Gasteiger partial charge in [0.25, 0.3) is 0 Å². The van der Waals surface area contributed by atoms with Crippen LogP contribution in [-0.4, -0.2) is 12.3 Å². The average molecular weight is 353 g/mol. The Balaban J connectivity index is 1.82. The first kappa shape index (κ1) is 17.3. The summed E-state index contributed by atoms with van der Waals surface area (Å²) in [5.41, 5.74) is 2.60. The van der Waals surface area contributed by atoms with Crippen molar-refractivity contribution in [2.24, 2.45) is 0 Å². The maximum absolute atomic E-state index is 13.4. The third-order valence-corrected chi connectivity index (χ3v) is 5.05. The Bertz CT molecular complexity index is 1110. The van der Waals surface area contributed by atoms with Crippen LogP contribution in [0.3, 0.4) is 0 Å². The molecule has 0 heterocycles. The zero-order valence-corrected chi connectivity index (χ0v) is 15.5. The van der Waals surface area contributed by atoms with E-state index in [1.165, 1.54) is 0 Å². The van der Waals surface area contributed by atoms with Gasteiger partial charge < -0.3 is 5.32 Å². The summed E-state index contributed by atoms with van der Waals surface area (Å²) < 4.78 is 0. The van der Waals surface area contributed by atoms with Crippen molar-refractivity contribution in [3.05, 3.63) is 90.0 Å². The van der Waals surface area contributed by atoms with Crippen molar-refractivity contribution in [3.63, 3.8) is 0 Å². The SMILES string of the molecule is CCCCNc1ccc(C(=O)c2cccc3ccccc23)c2ccccc12. The van der Waals surface area contributed by atoms with Crippen molar-refractivity contribution in [3.8, 4) is 0 Å². The molecule has 4 aromatic rings. The second-order valence-electron chi connectivity index (χ2n) is 6.84. The van der Waals surface area contributed by atoms with E-state index >= 15 is 0 Å². The molecule has 0 fully saturated rings. The number of anilines is 1. The summed E-state index contributed by atoms with van der Waals surface area (Å²) in [5, 5.41) is 7.69. The van der Waals surface area contributed by atoms with E-state index in [-0.39, 0.29) is 5.78 Å². The van der Waals surface area contributed by atoms with Crippen molar-refractivity contribution in [1.82, 2.24) is 0 Å². The number of carbonyl (C=O) groups excluding carboxylic acids is 1. The second kappa shape index (κ2) is 7.63. The summed E-state index contributed by atoms with van der Waals surface area (Å²) in [7, 11) is 0. The summed E-state index contributed by atoms with van der Waals surface area (Å²) >= 11 is 0. The minimum Gasteiger partial charge on any atom is -0.385 e. The molecule has 0 aliphatic heterocycles. The normalized spacial score (nSPS) is 11.0. The van der Waals surface area contributed by atoms with Gasteiger partial charge in [-0.05, 0) is 34.7 Å². The number of hydrogen-bond donors (Lipinski definition) is 1. The Hall–Kier alpha value is -3.13. The summed E-state index contributed by atoms with van der Waals surface area (Å²) in [6, 6.07) is 26.1. The van der Waals surface area contributed by atoms with Crippen molar-refractivity contribution >= 4 is 33.0 Å². The van der Waals surface area contributed by atoms with Crippen LogP contribution in [0, 0.1) is 0 Å². The Morgan fingerprint density at radius 2 is 1.41 bits per heavy atom. The van der Waals surface area contributed by atoms with Crippen LogP contribution < -0.4 is 5.32 Å². The molecule has 2 nitrogen and oxygen atoms in total. The van der Waals surface area contributed by atoms with Gasteiger partial charge in [0.1, 0.15) is 0 Å². The summed E-state index contributed by atoms with van der Waals surface area (Å²) in [4.78, 5) is 13.4. The van der Waals surface area contributed by atoms with Crippen LogP contribution in [0.5, 0.6) is 0 Å². The van der Waals surface area contributed by atoms with Gasteiger partial charge in [-0.25, -0.2) is 0 Å². The zero-order valence-electron chi connectivity index (χ0n) is 15.5. The van der Waals surface area contributed by atoms with Crippen LogP contribution in [-0.2, 0) is 0 Å². The first-order valence-electron chi connectivity index (χ1n) is 9.57. The van der Waals surface area contributed by atoms with Gasteiger partial charge in [-0.2, -0.15) is 0 Å². The van der Waals surface area contributed by atoms with E-state index in [4.69, 9.17) is 0 Å². The molecule has 0 spiro atoms. The van der Waals surface area contributed by atoms with Gasteiger partial charge in [0, 0.05) is 28.7 Å². The highest BCUT2D eigenvalue weighted by Gasteiger charge is 2.16. The molecule has 1 N–H and O–H groups in total. The number of unbranched alkanes of at least 4 members (excludes halogenated alkanes) is 1. The number of ketones is 1. The average Bonchev–Trinajstić information content (AvgIpc) is 2.73. The van der Waals surface area contributed by atoms with E-state index in [0.717, 1.165) is 57.7 Å². The lowest BCUT2D eigenvalue weighted by atomic mass is 9.93. The van der Waals surface area contributed by atoms with E-state index in [0.29, 0.717) is 0 Å². The quantitative estimate of drug-likeness (QED) is 0.319. The van der Waals surface area contributed by atoms with Crippen LogP contribution >= 0.6 is 0 Å². The van der Waals surface area contributed by atoms with E-state index < -0.39 is 0 Å². The molecule has 0 aromatic heterocycles. The van der Waals surface area contributed by atoms with Gasteiger partial charge in [-0.3, -0.25) is 4.79 Å². The highest BCUT2D eigenvalue weighted by atomic mass is 16.1. The minimum atomic E-state index is 0.0723. The molecule has 4 aromatic carbocycles. The molecule has 0 saturated carbocycles. The first-order chi connectivity index (χ1) is 13.3. The molecule has 134 valence electrons. The van der Waals surface area contributed by atoms with Gasteiger partial charge in [-0.15, -0.1) is 0 Å². The molecular weight excluding hydrogens is 330 g/mol. The molecule has 27 heavy (non-hydrogen) atoms. The zero-order chi connectivity index (χ0) is 18.6. The fourth-order valence-corrected chi connectivity index (χ4v) is 3.62. The number of rotatable bonds is 6. The lowest BCUT2D eigenvalue weighted by molar-refractivity contribution is 0.104. The number of hydrogen-bond acceptors (Lipinski definition) is 2. The highest BCUT2D eigenvalue weighted by molar-refractivity contribution is 6.22. The van der Waals surface area contributed by atoms with Gasteiger partial charge in [0.05, 0.1) is 0 Å². The van der Waals surface area contributed by atoms with Crippen LogP contribution in [0.15, 0.2) is 78.9 Å². The van der Waals surface area contributed by atoms with Crippen LogP contribution in [0.1, 0.15) is 35.7 Å². The largest absolute Gasteiger partial charge is 0.385 e. The molecule has 2 heteroatoms. The molecule has 0 aliphatic rings. The van der Waals surface area contributed by atoms with Gasteiger partial charge in [0.15, 0.2) is 5.78 Å². The standard InChI is InChI=1S/C25H23NO/c1-2-3-17-26-24-16-15-23(20-12-6-7-13-21(20)24)25(27)22-14-8-10-18-9-4-5-11-19(18)22/h4-16,26H,2-3,17H2,1H3. The van der Waals surface area contributed by atoms with Crippen molar-refractivity contribution in [1.29, 1.82) is 0 Å². The molecule has 0 aliphatic carbocycles. The maximum atomic E-state index is 13.4. The lowest BCUT2D eigenvalue weighted by Crippen LogP contribution is -2.06. The van der Waals surface area contributed by atoms with Crippen LogP contribution in [0.25, 0.3) is 21.5 Å². The predicted molar refractivity (Wildman–Crippen MR) is 115 cm³/mol. The molecule has 4 rings (SSSR count). The second-order valence-corrected chi connectivity index (χ2v) is 6.84. The third-order valence-electron chi connectivity index (χ3n) is 5.05. The first-order valence-corrected chi connectivity index (χ1v) is 9.57. The van der Waals surface area contributed by atoms with E-state index in [2.05, 4.69) is 18.3 Å². The Labute approximate surface area is 159 Å². The lowest BCUT2D eigenvalue weighted by Gasteiger charge is -2.13. The predicted octanol–water partition coefficient (Wildman–Crippen LogP) is 6.44. The van der Waals surface area contributed by atoms with E-state index in [1.54, 1.807) is 0 Å². The molecule has 0 saturated heterocycles. The summed E-state index contributed by atoms with van der Waals surface area (Å²) in [6.07, 6.45) is 2.29. The van der Waals surface area contributed by atoms with Gasteiger partial charge in [-0.1, -0.05) is 80.1 Å². The third kappa shape index (κ3) is 3.31. The smallest absolute Gasteiger partial charge is 0.194 e. The Morgan fingerprint density at radius 1 is 0.741 bits per heavy atom. The number of fused-ring (bicyclic) bond motifs is 2. The fraction of sp³-hybridized carbons (Fsp3) is 0.160.